The number of ether oxygens (including phenoxy) is 1. The highest BCUT2D eigenvalue weighted by atomic mass is 35.5. The van der Waals surface area contributed by atoms with Crippen molar-refractivity contribution in [2.75, 3.05) is 20.2 Å². The van der Waals surface area contributed by atoms with Crippen molar-refractivity contribution in [3.63, 3.8) is 0 Å². The SMILES string of the molecule is COC(=O)C1CCN(C(=O)c2cc(Cl)sc2Cl)CC1. The Hall–Kier alpha value is -0.780. The zero-order chi connectivity index (χ0) is 14.0. The second-order valence-electron chi connectivity index (χ2n) is 4.33. The van der Waals surface area contributed by atoms with E-state index < -0.39 is 0 Å². The number of piperidine rings is 1. The first-order valence-corrected chi connectivity index (χ1v) is 7.42. The van der Waals surface area contributed by atoms with Gasteiger partial charge >= 0.3 is 5.97 Å². The van der Waals surface area contributed by atoms with Crippen LogP contribution in [0, 0.1) is 5.92 Å². The van der Waals surface area contributed by atoms with Crippen molar-refractivity contribution in [3.8, 4) is 0 Å². The van der Waals surface area contributed by atoms with Crippen LogP contribution in [0.3, 0.4) is 0 Å². The highest BCUT2D eigenvalue weighted by Crippen LogP contribution is 2.32. The predicted molar refractivity (Wildman–Crippen MR) is 75.0 cm³/mol. The Kier molecular flexibility index (Phi) is 4.71. The van der Waals surface area contributed by atoms with Crippen LogP contribution in [0.4, 0.5) is 0 Å². The quantitative estimate of drug-likeness (QED) is 0.786. The molecule has 19 heavy (non-hydrogen) atoms. The first-order valence-electron chi connectivity index (χ1n) is 5.85. The molecule has 1 aromatic heterocycles. The lowest BCUT2D eigenvalue weighted by Gasteiger charge is -2.30. The third kappa shape index (κ3) is 3.22. The van der Waals surface area contributed by atoms with Gasteiger partial charge in [-0.2, -0.15) is 0 Å². The lowest BCUT2D eigenvalue weighted by atomic mass is 9.97. The number of methoxy groups -OCH3 is 1. The van der Waals surface area contributed by atoms with E-state index in [0.29, 0.717) is 40.2 Å². The molecule has 0 aliphatic carbocycles. The Morgan fingerprint density at radius 2 is 2.00 bits per heavy atom. The van der Waals surface area contributed by atoms with Crippen LogP contribution in [-0.2, 0) is 9.53 Å². The molecule has 1 amide bonds. The van der Waals surface area contributed by atoms with Gasteiger partial charge in [-0.25, -0.2) is 0 Å². The first-order chi connectivity index (χ1) is 9.02. The van der Waals surface area contributed by atoms with Gasteiger partial charge in [0.15, 0.2) is 0 Å². The van der Waals surface area contributed by atoms with Gasteiger partial charge in [-0.05, 0) is 18.9 Å². The van der Waals surface area contributed by atoms with E-state index in [1.165, 1.54) is 18.4 Å². The summed E-state index contributed by atoms with van der Waals surface area (Å²) in [5.74, 6) is -0.448. The fourth-order valence-corrected chi connectivity index (χ4v) is 3.59. The molecule has 0 unspecified atom stereocenters. The zero-order valence-electron chi connectivity index (χ0n) is 10.3. The summed E-state index contributed by atoms with van der Waals surface area (Å²) in [6.45, 7) is 1.06. The van der Waals surface area contributed by atoms with Crippen molar-refractivity contribution < 1.29 is 14.3 Å². The topological polar surface area (TPSA) is 46.6 Å². The maximum absolute atomic E-state index is 12.3. The molecule has 1 fully saturated rings. The molecule has 4 nitrogen and oxygen atoms in total. The molecule has 0 bridgehead atoms. The molecule has 2 heterocycles. The van der Waals surface area contributed by atoms with Crippen LogP contribution in [0.5, 0.6) is 0 Å². The summed E-state index contributed by atoms with van der Waals surface area (Å²) in [4.78, 5) is 25.4. The average Bonchev–Trinajstić information content (AvgIpc) is 2.76. The Morgan fingerprint density at radius 3 is 2.47 bits per heavy atom. The maximum atomic E-state index is 12.3. The van der Waals surface area contributed by atoms with Gasteiger partial charge in [0, 0.05) is 13.1 Å². The lowest BCUT2D eigenvalue weighted by Crippen LogP contribution is -2.40. The molecular weight excluding hydrogens is 309 g/mol. The molecule has 0 atom stereocenters. The molecule has 104 valence electrons. The van der Waals surface area contributed by atoms with Crippen LogP contribution >= 0.6 is 34.5 Å². The van der Waals surface area contributed by atoms with E-state index in [1.54, 1.807) is 11.0 Å². The summed E-state index contributed by atoms with van der Waals surface area (Å²) in [5, 5.41) is 0. The van der Waals surface area contributed by atoms with Crippen LogP contribution in [0.2, 0.25) is 8.67 Å². The van der Waals surface area contributed by atoms with Gasteiger partial charge in [-0.15, -0.1) is 11.3 Å². The van der Waals surface area contributed by atoms with E-state index in [0.717, 1.165) is 0 Å². The highest BCUT2D eigenvalue weighted by molar-refractivity contribution is 7.20. The normalized spacial score (nSPS) is 16.5. The highest BCUT2D eigenvalue weighted by Gasteiger charge is 2.29. The monoisotopic (exact) mass is 321 g/mol. The van der Waals surface area contributed by atoms with Gasteiger partial charge in [0.2, 0.25) is 0 Å². The molecule has 0 saturated carbocycles. The van der Waals surface area contributed by atoms with Crippen LogP contribution < -0.4 is 0 Å². The predicted octanol–water partition coefficient (Wildman–Crippen LogP) is 3.08. The second kappa shape index (κ2) is 6.11. The van der Waals surface area contributed by atoms with Crippen molar-refractivity contribution in [1.29, 1.82) is 0 Å². The second-order valence-corrected chi connectivity index (χ2v) is 6.61. The number of likely N-dealkylation sites (tertiary alicyclic amines) is 1. The number of carbonyl (C=O) groups excluding carboxylic acids is 2. The number of esters is 1. The van der Waals surface area contributed by atoms with E-state index in [-0.39, 0.29) is 17.8 Å². The minimum atomic E-state index is -0.205. The summed E-state index contributed by atoms with van der Waals surface area (Å²) in [6.07, 6.45) is 1.24. The number of carbonyl (C=O) groups is 2. The third-order valence-corrected chi connectivity index (χ3v) is 4.69. The van der Waals surface area contributed by atoms with Crippen molar-refractivity contribution in [3.05, 3.63) is 20.3 Å². The summed E-state index contributed by atoms with van der Waals surface area (Å²) in [7, 11) is 1.38. The van der Waals surface area contributed by atoms with E-state index in [9.17, 15) is 9.59 Å². The average molecular weight is 322 g/mol. The van der Waals surface area contributed by atoms with E-state index >= 15 is 0 Å². The lowest BCUT2D eigenvalue weighted by molar-refractivity contribution is -0.146. The summed E-state index contributed by atoms with van der Waals surface area (Å²) in [6, 6.07) is 1.59. The standard InChI is InChI=1S/C12H13Cl2NO3S/c1-18-12(17)7-2-4-15(5-3-7)11(16)8-6-9(13)19-10(8)14/h6-7H,2-5H2,1H3. The Balaban J connectivity index is 2.00. The Labute approximate surface area is 125 Å². The molecule has 2 rings (SSSR count). The first kappa shape index (κ1) is 14.6. The smallest absolute Gasteiger partial charge is 0.308 e. The fourth-order valence-electron chi connectivity index (χ4n) is 2.14. The number of thiophene rings is 1. The van der Waals surface area contributed by atoms with E-state index in [4.69, 9.17) is 27.9 Å². The molecule has 0 spiro atoms. The van der Waals surface area contributed by atoms with Gasteiger partial charge in [0.25, 0.3) is 5.91 Å². The molecule has 0 N–H and O–H groups in total. The van der Waals surface area contributed by atoms with Crippen LogP contribution in [-0.4, -0.2) is 37.0 Å². The summed E-state index contributed by atoms with van der Waals surface area (Å²) < 4.78 is 5.62. The minimum Gasteiger partial charge on any atom is -0.469 e. The third-order valence-electron chi connectivity index (χ3n) is 3.20. The fraction of sp³-hybridized carbons (Fsp3) is 0.500. The molecule has 0 aromatic carbocycles. The minimum absolute atomic E-state index is 0.115. The summed E-state index contributed by atoms with van der Waals surface area (Å²) in [5.41, 5.74) is 0.438. The number of nitrogens with zero attached hydrogens (tertiary/aromatic N) is 1. The van der Waals surface area contributed by atoms with Gasteiger partial charge in [0.1, 0.15) is 4.34 Å². The number of amides is 1. The number of hydrogen-bond acceptors (Lipinski definition) is 4. The van der Waals surface area contributed by atoms with Gasteiger partial charge < -0.3 is 9.64 Å². The molecule has 1 aliphatic heterocycles. The number of hydrogen-bond donors (Lipinski definition) is 0. The molecular formula is C12H13Cl2NO3S. The molecule has 1 aromatic rings. The number of rotatable bonds is 2. The molecule has 7 heteroatoms. The zero-order valence-corrected chi connectivity index (χ0v) is 12.6. The summed E-state index contributed by atoms with van der Waals surface area (Å²) >= 11 is 13.0. The Bertz CT molecular complexity index is 495. The van der Waals surface area contributed by atoms with Gasteiger partial charge in [-0.1, -0.05) is 23.2 Å². The molecule has 1 saturated heterocycles. The van der Waals surface area contributed by atoms with Crippen molar-refractivity contribution >= 4 is 46.4 Å². The van der Waals surface area contributed by atoms with Gasteiger partial charge in [-0.3, -0.25) is 9.59 Å². The van der Waals surface area contributed by atoms with Crippen LogP contribution in [0.15, 0.2) is 6.07 Å². The van der Waals surface area contributed by atoms with E-state index in [2.05, 4.69) is 0 Å². The Morgan fingerprint density at radius 1 is 1.37 bits per heavy atom. The van der Waals surface area contributed by atoms with Crippen LogP contribution in [0.25, 0.3) is 0 Å². The molecule has 0 radical (unpaired) electrons. The van der Waals surface area contributed by atoms with Gasteiger partial charge in [0.05, 0.1) is 22.9 Å². The van der Waals surface area contributed by atoms with Crippen molar-refractivity contribution in [2.24, 2.45) is 5.92 Å². The maximum Gasteiger partial charge on any atom is 0.308 e. The van der Waals surface area contributed by atoms with E-state index in [1.807, 2.05) is 0 Å². The molecule has 1 aliphatic rings. The largest absolute Gasteiger partial charge is 0.469 e. The van der Waals surface area contributed by atoms with Crippen LogP contribution in [0.1, 0.15) is 23.2 Å². The number of halogens is 2. The van der Waals surface area contributed by atoms with Crippen molar-refractivity contribution in [1.82, 2.24) is 4.90 Å². The van der Waals surface area contributed by atoms with Crippen molar-refractivity contribution in [2.45, 2.75) is 12.8 Å².